The van der Waals surface area contributed by atoms with E-state index in [0.717, 1.165) is 11.3 Å². The molecular weight excluding hydrogens is 252 g/mol. The van der Waals surface area contributed by atoms with Crippen LogP contribution in [0.25, 0.3) is 0 Å². The number of aliphatic imine (C=N–C) groups is 1. The first-order valence-corrected chi connectivity index (χ1v) is 6.44. The number of rotatable bonds is 3. The normalized spacial score (nSPS) is 17.9. The number of aliphatic carboxylic acids is 1. The molecule has 1 atom stereocenters. The topological polar surface area (TPSA) is 52.9 Å². The molecule has 0 saturated carbocycles. The van der Waals surface area contributed by atoms with Crippen LogP contribution < -0.4 is 4.90 Å². The monoisotopic (exact) mass is 266 g/mol. The molecule has 0 amide bonds. The van der Waals surface area contributed by atoms with Crippen molar-refractivity contribution in [1.82, 2.24) is 0 Å². The van der Waals surface area contributed by atoms with Gasteiger partial charge in [-0.05, 0) is 12.1 Å². The third-order valence-electron chi connectivity index (χ3n) is 3.31. The standard InChI is InChI=1S/C16H14N2O2/c19-16(20)14-11-17-15(12-7-3-1-4-8-12)18(14)13-9-5-2-6-10-13/h1-10,14H,11H2,(H,19,20). The Morgan fingerprint density at radius 1 is 1.05 bits per heavy atom. The first-order chi connectivity index (χ1) is 9.77. The number of amidine groups is 1. The molecule has 1 aliphatic heterocycles. The molecule has 3 rings (SSSR count). The van der Waals surface area contributed by atoms with Gasteiger partial charge in [-0.25, -0.2) is 4.79 Å². The van der Waals surface area contributed by atoms with Crippen molar-refractivity contribution in [2.45, 2.75) is 6.04 Å². The zero-order valence-electron chi connectivity index (χ0n) is 10.8. The van der Waals surface area contributed by atoms with E-state index in [9.17, 15) is 9.90 Å². The molecule has 0 radical (unpaired) electrons. The van der Waals surface area contributed by atoms with Crippen LogP contribution in [0, 0.1) is 0 Å². The Morgan fingerprint density at radius 2 is 1.65 bits per heavy atom. The summed E-state index contributed by atoms with van der Waals surface area (Å²) in [7, 11) is 0. The van der Waals surface area contributed by atoms with Gasteiger partial charge in [-0.2, -0.15) is 0 Å². The van der Waals surface area contributed by atoms with Crippen LogP contribution in [-0.4, -0.2) is 29.5 Å². The lowest BCUT2D eigenvalue weighted by molar-refractivity contribution is -0.137. The first-order valence-electron chi connectivity index (χ1n) is 6.44. The van der Waals surface area contributed by atoms with E-state index in [1.165, 1.54) is 0 Å². The Kier molecular flexibility index (Phi) is 3.21. The van der Waals surface area contributed by atoms with Crippen molar-refractivity contribution in [3.63, 3.8) is 0 Å². The average Bonchev–Trinajstić information content (AvgIpc) is 2.94. The van der Waals surface area contributed by atoms with Crippen LogP contribution in [0.5, 0.6) is 0 Å². The van der Waals surface area contributed by atoms with Gasteiger partial charge in [0, 0.05) is 11.3 Å². The van der Waals surface area contributed by atoms with Crippen LogP contribution in [0.2, 0.25) is 0 Å². The fourth-order valence-electron chi connectivity index (χ4n) is 2.38. The van der Waals surface area contributed by atoms with Crippen LogP contribution >= 0.6 is 0 Å². The van der Waals surface area contributed by atoms with Gasteiger partial charge in [0.2, 0.25) is 0 Å². The van der Waals surface area contributed by atoms with Gasteiger partial charge in [0.15, 0.2) is 6.04 Å². The Balaban J connectivity index is 2.04. The van der Waals surface area contributed by atoms with E-state index in [-0.39, 0.29) is 6.54 Å². The Morgan fingerprint density at radius 3 is 2.25 bits per heavy atom. The summed E-state index contributed by atoms with van der Waals surface area (Å²) in [5.41, 5.74) is 1.78. The number of para-hydroxylation sites is 1. The summed E-state index contributed by atoms with van der Waals surface area (Å²) in [6.45, 7) is 0.272. The van der Waals surface area contributed by atoms with Crippen molar-refractivity contribution in [3.8, 4) is 0 Å². The van der Waals surface area contributed by atoms with E-state index in [1.54, 1.807) is 4.90 Å². The van der Waals surface area contributed by atoms with Crippen LogP contribution in [0.15, 0.2) is 65.7 Å². The van der Waals surface area contributed by atoms with Crippen LogP contribution in [0.1, 0.15) is 5.56 Å². The molecule has 2 aromatic rings. The van der Waals surface area contributed by atoms with E-state index >= 15 is 0 Å². The summed E-state index contributed by atoms with van der Waals surface area (Å²) in [4.78, 5) is 17.7. The van der Waals surface area contributed by atoms with Crippen molar-refractivity contribution in [2.75, 3.05) is 11.4 Å². The van der Waals surface area contributed by atoms with Gasteiger partial charge in [-0.1, -0.05) is 48.5 Å². The molecule has 1 unspecified atom stereocenters. The van der Waals surface area contributed by atoms with Gasteiger partial charge in [-0.3, -0.25) is 4.99 Å². The number of hydrogen-bond donors (Lipinski definition) is 1. The van der Waals surface area contributed by atoms with Gasteiger partial charge in [0.25, 0.3) is 0 Å². The predicted molar refractivity (Wildman–Crippen MR) is 78.2 cm³/mol. The molecule has 0 aliphatic carbocycles. The van der Waals surface area contributed by atoms with Gasteiger partial charge >= 0.3 is 5.97 Å². The second-order valence-electron chi connectivity index (χ2n) is 4.59. The maximum atomic E-state index is 11.4. The Hall–Kier alpha value is -2.62. The Bertz CT molecular complexity index is 638. The molecule has 1 heterocycles. The molecule has 0 fully saturated rings. The molecule has 0 aromatic heterocycles. The van der Waals surface area contributed by atoms with Crippen molar-refractivity contribution < 1.29 is 9.90 Å². The molecular formula is C16H14N2O2. The minimum atomic E-state index is -0.858. The summed E-state index contributed by atoms with van der Waals surface area (Å²) in [6.07, 6.45) is 0. The van der Waals surface area contributed by atoms with E-state index in [4.69, 9.17) is 0 Å². The van der Waals surface area contributed by atoms with Crippen molar-refractivity contribution in [1.29, 1.82) is 0 Å². The highest BCUT2D eigenvalue weighted by Gasteiger charge is 2.34. The van der Waals surface area contributed by atoms with Gasteiger partial charge in [0.05, 0.1) is 6.54 Å². The largest absolute Gasteiger partial charge is 0.480 e. The highest BCUT2D eigenvalue weighted by atomic mass is 16.4. The van der Waals surface area contributed by atoms with Crippen LogP contribution in [-0.2, 0) is 4.79 Å². The second-order valence-corrected chi connectivity index (χ2v) is 4.59. The molecule has 2 aromatic carbocycles. The quantitative estimate of drug-likeness (QED) is 0.928. The number of benzene rings is 2. The third-order valence-corrected chi connectivity index (χ3v) is 3.31. The zero-order chi connectivity index (χ0) is 13.9. The zero-order valence-corrected chi connectivity index (χ0v) is 10.8. The number of carbonyl (C=O) groups is 1. The molecule has 4 nitrogen and oxygen atoms in total. The molecule has 0 spiro atoms. The summed E-state index contributed by atoms with van der Waals surface area (Å²) < 4.78 is 0. The highest BCUT2D eigenvalue weighted by Crippen LogP contribution is 2.25. The summed E-state index contributed by atoms with van der Waals surface area (Å²) >= 11 is 0. The van der Waals surface area contributed by atoms with E-state index in [0.29, 0.717) is 5.84 Å². The molecule has 0 saturated heterocycles. The first kappa shape index (κ1) is 12.4. The lowest BCUT2D eigenvalue weighted by atomic mass is 10.1. The minimum Gasteiger partial charge on any atom is -0.480 e. The van der Waals surface area contributed by atoms with Crippen LogP contribution in [0.3, 0.4) is 0 Å². The van der Waals surface area contributed by atoms with E-state index in [1.807, 2.05) is 60.7 Å². The molecule has 1 aliphatic rings. The molecule has 4 heteroatoms. The number of hydrogen-bond acceptors (Lipinski definition) is 3. The lowest BCUT2D eigenvalue weighted by Crippen LogP contribution is -2.42. The predicted octanol–water partition coefficient (Wildman–Crippen LogP) is 2.41. The van der Waals surface area contributed by atoms with Crippen LogP contribution in [0.4, 0.5) is 5.69 Å². The van der Waals surface area contributed by atoms with Gasteiger partial charge < -0.3 is 10.0 Å². The second kappa shape index (κ2) is 5.17. The SMILES string of the molecule is O=C(O)C1CN=C(c2ccccc2)N1c1ccccc1. The fraction of sp³-hybridized carbons (Fsp3) is 0.125. The van der Waals surface area contributed by atoms with Gasteiger partial charge in [0.1, 0.15) is 5.84 Å². The number of anilines is 1. The smallest absolute Gasteiger partial charge is 0.328 e. The van der Waals surface area contributed by atoms with Crippen molar-refractivity contribution in [2.24, 2.45) is 4.99 Å². The summed E-state index contributed by atoms with van der Waals surface area (Å²) in [5.74, 6) is -0.146. The maximum Gasteiger partial charge on any atom is 0.328 e. The number of carboxylic acid groups (broad SMARTS) is 1. The number of nitrogens with zero attached hydrogens (tertiary/aromatic N) is 2. The van der Waals surface area contributed by atoms with E-state index < -0.39 is 12.0 Å². The molecule has 0 bridgehead atoms. The van der Waals surface area contributed by atoms with Gasteiger partial charge in [-0.15, -0.1) is 0 Å². The molecule has 1 N–H and O–H groups in total. The van der Waals surface area contributed by atoms with Crippen molar-refractivity contribution >= 4 is 17.5 Å². The highest BCUT2D eigenvalue weighted by molar-refractivity contribution is 6.14. The van der Waals surface area contributed by atoms with E-state index in [2.05, 4.69) is 4.99 Å². The maximum absolute atomic E-state index is 11.4. The molecule has 100 valence electrons. The van der Waals surface area contributed by atoms with Crippen molar-refractivity contribution in [3.05, 3.63) is 66.2 Å². The Labute approximate surface area is 117 Å². The number of carboxylic acids is 1. The summed E-state index contributed by atoms with van der Waals surface area (Å²) in [6, 6.07) is 18.5. The average molecular weight is 266 g/mol. The fourth-order valence-corrected chi connectivity index (χ4v) is 2.38. The summed E-state index contributed by atoms with van der Waals surface area (Å²) in [5, 5.41) is 9.39. The molecule has 20 heavy (non-hydrogen) atoms. The lowest BCUT2D eigenvalue weighted by Gasteiger charge is -2.25. The third kappa shape index (κ3) is 2.16. The minimum absolute atomic E-state index is 0.272.